The summed E-state index contributed by atoms with van der Waals surface area (Å²) in [5, 5.41) is 8.99. The third kappa shape index (κ3) is 5.29. The molecule has 0 aliphatic carbocycles. The topological polar surface area (TPSA) is 93.1 Å². The molecule has 3 rings (SSSR count). The van der Waals surface area contributed by atoms with E-state index in [0.717, 1.165) is 10.4 Å². The number of sulfonamides is 1. The number of hydrogen-bond donors (Lipinski definition) is 1. The number of carbonyl (C=O) groups is 1. The molecule has 0 bridgehead atoms. The van der Waals surface area contributed by atoms with Gasteiger partial charge in [-0.25, -0.2) is 13.2 Å². The Morgan fingerprint density at radius 1 is 1.16 bits per heavy atom. The number of ether oxygens (including phenoxy) is 2. The standard InChI is InChI=1S/C19H17ClF3NO6S/c20-13-2-3-16(30-11-18(25)26)14(10-13)12-1-4-17(15(9-12)19(21,22)23)31(27,28)24-5-7-29-8-6-24/h1-4,9-10H,5-8,11H2,(H,25,26). The largest absolute Gasteiger partial charge is 0.481 e. The molecular formula is C19H17ClF3NO6S. The van der Waals surface area contributed by atoms with Crippen LogP contribution >= 0.6 is 11.6 Å². The van der Waals surface area contributed by atoms with E-state index in [1.54, 1.807) is 0 Å². The molecule has 1 saturated heterocycles. The lowest BCUT2D eigenvalue weighted by Crippen LogP contribution is -2.41. The number of alkyl halides is 3. The number of aliphatic carboxylic acids is 1. The maximum absolute atomic E-state index is 13.8. The highest BCUT2D eigenvalue weighted by atomic mass is 35.5. The SMILES string of the molecule is O=C(O)COc1ccc(Cl)cc1-c1ccc(S(=O)(=O)N2CCOCC2)c(C(F)(F)F)c1. The van der Waals surface area contributed by atoms with Crippen molar-refractivity contribution in [3.63, 3.8) is 0 Å². The summed E-state index contributed by atoms with van der Waals surface area (Å²) < 4.78 is 78.4. The van der Waals surface area contributed by atoms with E-state index in [9.17, 15) is 26.4 Å². The van der Waals surface area contributed by atoms with Crippen LogP contribution in [0.1, 0.15) is 5.56 Å². The van der Waals surface area contributed by atoms with E-state index in [4.69, 9.17) is 26.2 Å². The second kappa shape index (κ2) is 9.03. The van der Waals surface area contributed by atoms with Crippen LogP contribution in [0.3, 0.4) is 0 Å². The summed E-state index contributed by atoms with van der Waals surface area (Å²) in [5.74, 6) is -1.28. The van der Waals surface area contributed by atoms with Gasteiger partial charge in [0.2, 0.25) is 10.0 Å². The van der Waals surface area contributed by atoms with Gasteiger partial charge in [0.1, 0.15) is 5.75 Å². The van der Waals surface area contributed by atoms with Crippen molar-refractivity contribution in [3.05, 3.63) is 47.0 Å². The predicted molar refractivity (Wildman–Crippen MR) is 105 cm³/mol. The molecule has 0 atom stereocenters. The van der Waals surface area contributed by atoms with Crippen LogP contribution in [0.25, 0.3) is 11.1 Å². The van der Waals surface area contributed by atoms with Crippen LogP contribution in [-0.4, -0.2) is 56.7 Å². The number of hydrogen-bond acceptors (Lipinski definition) is 5. The summed E-state index contributed by atoms with van der Waals surface area (Å²) in [6, 6.07) is 6.79. The molecule has 31 heavy (non-hydrogen) atoms. The van der Waals surface area contributed by atoms with Crippen molar-refractivity contribution in [2.75, 3.05) is 32.9 Å². The van der Waals surface area contributed by atoms with Crippen LogP contribution in [0.5, 0.6) is 5.75 Å². The Morgan fingerprint density at radius 2 is 1.84 bits per heavy atom. The summed E-state index contributed by atoms with van der Waals surface area (Å²) in [5.41, 5.74) is -1.29. The average Bonchev–Trinajstić information content (AvgIpc) is 2.72. The highest BCUT2D eigenvalue weighted by Crippen LogP contribution is 2.40. The number of halogens is 4. The van der Waals surface area contributed by atoms with Crippen molar-refractivity contribution in [3.8, 4) is 16.9 Å². The molecule has 1 aliphatic heterocycles. The zero-order chi connectivity index (χ0) is 22.8. The maximum Gasteiger partial charge on any atom is 0.417 e. The Morgan fingerprint density at radius 3 is 2.45 bits per heavy atom. The molecule has 7 nitrogen and oxygen atoms in total. The van der Waals surface area contributed by atoms with E-state index in [-0.39, 0.29) is 48.2 Å². The first kappa shape index (κ1) is 23.3. The maximum atomic E-state index is 13.8. The molecule has 0 spiro atoms. The lowest BCUT2D eigenvalue weighted by molar-refractivity contribution is -0.140. The Bertz CT molecular complexity index is 1080. The number of morpholine rings is 1. The predicted octanol–water partition coefficient (Wildman–Crippen LogP) is 3.51. The molecule has 1 aliphatic rings. The molecule has 1 fully saturated rings. The van der Waals surface area contributed by atoms with Crippen molar-refractivity contribution in [1.82, 2.24) is 4.31 Å². The van der Waals surface area contributed by atoms with Gasteiger partial charge in [0.25, 0.3) is 0 Å². The quantitative estimate of drug-likeness (QED) is 0.681. The molecule has 0 aromatic heterocycles. The van der Waals surface area contributed by atoms with Gasteiger partial charge in [0.05, 0.1) is 23.7 Å². The van der Waals surface area contributed by atoms with E-state index in [0.29, 0.717) is 6.07 Å². The molecule has 0 saturated carbocycles. The minimum absolute atomic E-state index is 0.0105. The van der Waals surface area contributed by atoms with Gasteiger partial charge < -0.3 is 14.6 Å². The van der Waals surface area contributed by atoms with Gasteiger partial charge >= 0.3 is 12.1 Å². The third-order valence-corrected chi connectivity index (χ3v) is 6.67. The zero-order valence-corrected chi connectivity index (χ0v) is 17.4. The number of benzene rings is 2. The number of nitrogens with zero attached hydrogens (tertiary/aromatic N) is 1. The Labute approximate surface area is 181 Å². The molecule has 1 N–H and O–H groups in total. The lowest BCUT2D eigenvalue weighted by Gasteiger charge is -2.27. The Balaban J connectivity index is 2.12. The average molecular weight is 480 g/mol. The molecule has 0 radical (unpaired) electrons. The molecule has 0 unspecified atom stereocenters. The smallest absolute Gasteiger partial charge is 0.417 e. The van der Waals surface area contributed by atoms with E-state index in [1.807, 2.05) is 0 Å². The second-order valence-corrected chi connectivity index (χ2v) is 8.89. The number of carboxylic acids is 1. The first-order valence-corrected chi connectivity index (χ1v) is 10.8. The van der Waals surface area contributed by atoms with Crippen molar-refractivity contribution >= 4 is 27.6 Å². The summed E-state index contributed by atoms with van der Waals surface area (Å²) in [7, 11) is -4.42. The zero-order valence-electron chi connectivity index (χ0n) is 15.9. The molecular weight excluding hydrogens is 463 g/mol. The normalized spacial score (nSPS) is 15.6. The summed E-state index contributed by atoms with van der Waals surface area (Å²) in [4.78, 5) is 9.92. The van der Waals surface area contributed by atoms with Crippen LogP contribution in [0.2, 0.25) is 5.02 Å². The van der Waals surface area contributed by atoms with Crippen LogP contribution in [0, 0.1) is 0 Å². The molecule has 0 amide bonds. The Kier molecular flexibility index (Phi) is 6.79. The fraction of sp³-hybridized carbons (Fsp3) is 0.316. The summed E-state index contributed by atoms with van der Waals surface area (Å²) in [6.45, 7) is -0.646. The first-order valence-electron chi connectivity index (χ1n) is 8.94. The van der Waals surface area contributed by atoms with Crippen molar-refractivity contribution in [2.24, 2.45) is 0 Å². The molecule has 12 heteroatoms. The van der Waals surface area contributed by atoms with Gasteiger partial charge in [-0.05, 0) is 35.9 Å². The van der Waals surface area contributed by atoms with Gasteiger partial charge in [-0.3, -0.25) is 0 Å². The number of carboxylic acid groups (broad SMARTS) is 1. The van der Waals surface area contributed by atoms with E-state index in [1.165, 1.54) is 24.3 Å². The van der Waals surface area contributed by atoms with Gasteiger partial charge in [0, 0.05) is 23.7 Å². The monoisotopic (exact) mass is 479 g/mol. The Hall–Kier alpha value is -2.34. The molecule has 2 aromatic carbocycles. The van der Waals surface area contributed by atoms with Gasteiger partial charge in [-0.1, -0.05) is 17.7 Å². The van der Waals surface area contributed by atoms with E-state index < -0.39 is 39.2 Å². The van der Waals surface area contributed by atoms with Crippen molar-refractivity contribution in [1.29, 1.82) is 0 Å². The third-order valence-electron chi connectivity index (χ3n) is 4.48. The van der Waals surface area contributed by atoms with Crippen LogP contribution in [-0.2, 0) is 25.7 Å². The van der Waals surface area contributed by atoms with Gasteiger partial charge in [0.15, 0.2) is 6.61 Å². The molecule has 168 valence electrons. The highest BCUT2D eigenvalue weighted by Gasteiger charge is 2.40. The first-order chi connectivity index (χ1) is 14.5. The van der Waals surface area contributed by atoms with Gasteiger partial charge in [-0.15, -0.1) is 0 Å². The summed E-state index contributed by atoms with van der Waals surface area (Å²) in [6.07, 6.45) is -4.97. The van der Waals surface area contributed by atoms with E-state index >= 15 is 0 Å². The minimum atomic E-state index is -4.97. The van der Waals surface area contributed by atoms with Gasteiger partial charge in [-0.2, -0.15) is 17.5 Å². The molecule has 2 aromatic rings. The van der Waals surface area contributed by atoms with Crippen LogP contribution in [0.15, 0.2) is 41.3 Å². The number of rotatable bonds is 6. The summed E-state index contributed by atoms with van der Waals surface area (Å²) >= 11 is 5.96. The minimum Gasteiger partial charge on any atom is -0.481 e. The fourth-order valence-electron chi connectivity index (χ4n) is 3.06. The van der Waals surface area contributed by atoms with Crippen LogP contribution < -0.4 is 4.74 Å². The van der Waals surface area contributed by atoms with Crippen molar-refractivity contribution < 1.29 is 41.0 Å². The highest BCUT2D eigenvalue weighted by molar-refractivity contribution is 7.89. The van der Waals surface area contributed by atoms with Crippen LogP contribution in [0.4, 0.5) is 13.2 Å². The lowest BCUT2D eigenvalue weighted by atomic mass is 10.0. The molecule has 1 heterocycles. The second-order valence-electron chi connectivity index (χ2n) is 6.55. The fourth-order valence-corrected chi connectivity index (χ4v) is 4.84. The van der Waals surface area contributed by atoms with E-state index in [2.05, 4.69) is 0 Å². The van der Waals surface area contributed by atoms with Crippen molar-refractivity contribution in [2.45, 2.75) is 11.1 Å².